The lowest BCUT2D eigenvalue weighted by molar-refractivity contribution is 0.0950. The van der Waals surface area contributed by atoms with Crippen molar-refractivity contribution in [1.29, 1.82) is 0 Å². The van der Waals surface area contributed by atoms with Gasteiger partial charge < -0.3 is 20.3 Å². The van der Waals surface area contributed by atoms with E-state index in [4.69, 9.17) is 16.3 Å². The zero-order chi connectivity index (χ0) is 25.5. The van der Waals surface area contributed by atoms with E-state index in [1.165, 1.54) is 11.3 Å². The minimum Gasteiger partial charge on any atom is -0.452 e. The molecule has 0 saturated carbocycles. The molecule has 4 rings (SSSR count). The Labute approximate surface area is 248 Å². The molecule has 2 aromatic heterocycles. The van der Waals surface area contributed by atoms with Crippen LogP contribution in [0.4, 0.5) is 10.9 Å². The zero-order valence-electron chi connectivity index (χ0n) is 20.9. The van der Waals surface area contributed by atoms with Crippen LogP contribution in [0, 0.1) is 6.92 Å². The minimum absolute atomic E-state index is 0. The lowest BCUT2D eigenvalue weighted by Crippen LogP contribution is -2.31. The average molecular weight is 613 g/mol. The fourth-order valence-corrected chi connectivity index (χ4v) is 4.81. The molecule has 2 N–H and O–H groups in total. The number of nitrogens with one attached hydrogen (secondary N) is 2. The molecule has 2 aromatic carbocycles. The molecule has 0 aliphatic rings. The van der Waals surface area contributed by atoms with Gasteiger partial charge in [-0.3, -0.25) is 4.79 Å². The molecule has 7 nitrogen and oxygen atoms in total. The van der Waals surface area contributed by atoms with E-state index in [1.807, 2.05) is 67.7 Å². The van der Waals surface area contributed by atoms with Crippen molar-refractivity contribution in [2.45, 2.75) is 16.7 Å². The van der Waals surface area contributed by atoms with Crippen molar-refractivity contribution in [1.82, 2.24) is 20.2 Å². The maximum absolute atomic E-state index is 12.6. The Morgan fingerprint density at radius 2 is 1.84 bits per heavy atom. The van der Waals surface area contributed by atoms with Crippen molar-refractivity contribution in [2.75, 3.05) is 32.5 Å². The molecule has 2 heterocycles. The predicted octanol–water partition coefficient (Wildman–Crippen LogP) is 7.32. The zero-order valence-corrected chi connectivity index (χ0v) is 25.0. The summed E-state index contributed by atoms with van der Waals surface area (Å²) in [7, 11) is 3.91. The molecule has 4 aromatic rings. The number of benzene rings is 2. The number of hydrogen-bond acceptors (Lipinski definition) is 8. The highest BCUT2D eigenvalue weighted by Gasteiger charge is 2.15. The lowest BCUT2D eigenvalue weighted by Gasteiger charge is -2.15. The maximum atomic E-state index is 12.6. The van der Waals surface area contributed by atoms with Crippen molar-refractivity contribution in [2.24, 2.45) is 0 Å². The molecule has 0 atom stereocenters. The Morgan fingerprint density at radius 1 is 1.08 bits per heavy atom. The van der Waals surface area contributed by atoms with Crippen molar-refractivity contribution >= 4 is 76.4 Å². The monoisotopic (exact) mass is 611 g/mol. The van der Waals surface area contributed by atoms with E-state index in [0.29, 0.717) is 39.6 Å². The number of nitrogens with zero attached hydrogens (tertiary/aromatic N) is 3. The number of pyridine rings is 1. The van der Waals surface area contributed by atoms with Gasteiger partial charge in [0.1, 0.15) is 5.75 Å². The Kier molecular flexibility index (Phi) is 12.6. The number of carbonyl (C=O) groups is 1. The van der Waals surface area contributed by atoms with Crippen LogP contribution in [0.25, 0.3) is 0 Å². The molecule has 0 bridgehead atoms. The van der Waals surface area contributed by atoms with Gasteiger partial charge >= 0.3 is 0 Å². The number of aryl methyl sites for hydroxylation is 1. The smallest absolute Gasteiger partial charge is 0.251 e. The highest BCUT2D eigenvalue weighted by Crippen LogP contribution is 2.38. The van der Waals surface area contributed by atoms with Gasteiger partial charge in [0.05, 0.1) is 10.7 Å². The minimum atomic E-state index is -0.193. The fourth-order valence-electron chi connectivity index (χ4n) is 3.13. The van der Waals surface area contributed by atoms with E-state index in [-0.39, 0.29) is 30.7 Å². The van der Waals surface area contributed by atoms with Crippen LogP contribution in [0.5, 0.6) is 11.5 Å². The maximum Gasteiger partial charge on any atom is 0.251 e. The molecule has 0 aliphatic heterocycles. The van der Waals surface area contributed by atoms with E-state index in [2.05, 4.69) is 20.6 Å². The predicted molar refractivity (Wildman–Crippen MR) is 162 cm³/mol. The van der Waals surface area contributed by atoms with Gasteiger partial charge in [0.15, 0.2) is 16.7 Å². The largest absolute Gasteiger partial charge is 0.452 e. The normalized spacial score (nSPS) is 10.3. The fraction of sp³-hybridized carbons (Fsp3) is 0.192. The Morgan fingerprint density at radius 3 is 2.53 bits per heavy atom. The molecule has 12 heteroatoms. The second-order valence-corrected chi connectivity index (χ2v) is 10.6. The van der Waals surface area contributed by atoms with Crippen molar-refractivity contribution in [3.05, 3.63) is 82.5 Å². The van der Waals surface area contributed by atoms with Gasteiger partial charge in [-0.1, -0.05) is 41.6 Å². The number of halogens is 3. The van der Waals surface area contributed by atoms with Crippen LogP contribution in [-0.4, -0.2) is 48.0 Å². The van der Waals surface area contributed by atoms with Gasteiger partial charge in [0, 0.05) is 46.1 Å². The van der Waals surface area contributed by atoms with Crippen LogP contribution < -0.4 is 15.4 Å². The van der Waals surface area contributed by atoms with Crippen LogP contribution in [0.2, 0.25) is 5.02 Å². The molecule has 1 amide bonds. The van der Waals surface area contributed by atoms with Gasteiger partial charge in [-0.15, -0.1) is 36.2 Å². The number of ether oxygens (including phenoxy) is 1. The molecular formula is C26H28Cl3N5O2S2. The quantitative estimate of drug-likeness (QED) is 0.194. The second kappa shape index (κ2) is 15.2. The van der Waals surface area contributed by atoms with Crippen LogP contribution in [0.1, 0.15) is 16.1 Å². The standard InChI is InChI=1S/C26H26ClN5O2S2.2ClH/c1-17-16-35-26(30-17)31-24-23(14-20(15-29-24)36-19-7-5-4-6-8-19)34-22-13-18(9-10-21(22)27)25(33)28-11-12-32(2)3;;/h4-10,13-16H,11-12H2,1-3H3,(H,28,33)(H,29,30,31);2*1H. The van der Waals surface area contributed by atoms with Crippen LogP contribution in [0.3, 0.4) is 0 Å². The summed E-state index contributed by atoms with van der Waals surface area (Å²) in [5.41, 5.74) is 1.37. The van der Waals surface area contributed by atoms with Gasteiger partial charge in [-0.2, -0.15) is 0 Å². The molecule has 202 valence electrons. The molecule has 0 fully saturated rings. The molecule has 0 aliphatic carbocycles. The van der Waals surface area contributed by atoms with Gasteiger partial charge in [-0.25, -0.2) is 9.97 Å². The molecule has 0 saturated heterocycles. The number of carbonyl (C=O) groups excluding carboxylic acids is 1. The molecule has 0 spiro atoms. The lowest BCUT2D eigenvalue weighted by atomic mass is 10.2. The first-order valence-corrected chi connectivity index (χ1v) is 13.3. The third kappa shape index (κ3) is 9.04. The summed E-state index contributed by atoms with van der Waals surface area (Å²) in [6.07, 6.45) is 1.78. The van der Waals surface area contributed by atoms with E-state index in [0.717, 1.165) is 22.0 Å². The summed E-state index contributed by atoms with van der Waals surface area (Å²) in [6.45, 7) is 3.21. The van der Waals surface area contributed by atoms with Crippen LogP contribution >= 0.6 is 59.5 Å². The van der Waals surface area contributed by atoms with Crippen molar-refractivity contribution in [3.63, 3.8) is 0 Å². The summed E-state index contributed by atoms with van der Waals surface area (Å²) >= 11 is 9.51. The Balaban J connectivity index is 0.00000253. The summed E-state index contributed by atoms with van der Waals surface area (Å²) in [5, 5.41) is 9.19. The first-order valence-electron chi connectivity index (χ1n) is 11.2. The Hall–Kier alpha value is -2.53. The number of amides is 1. The number of anilines is 2. The van der Waals surface area contributed by atoms with Gasteiger partial charge in [0.2, 0.25) is 0 Å². The number of aromatic nitrogens is 2. The van der Waals surface area contributed by atoms with Crippen molar-refractivity contribution in [3.8, 4) is 11.5 Å². The Bertz CT molecular complexity index is 1340. The highest BCUT2D eigenvalue weighted by atomic mass is 35.5. The second-order valence-electron chi connectivity index (χ2n) is 8.16. The number of thiazole rings is 1. The van der Waals surface area contributed by atoms with Crippen LogP contribution in [0.15, 0.2) is 76.0 Å². The topological polar surface area (TPSA) is 79.4 Å². The first-order chi connectivity index (χ1) is 17.4. The van der Waals surface area contributed by atoms with Gasteiger partial charge in [0.25, 0.3) is 5.91 Å². The summed E-state index contributed by atoms with van der Waals surface area (Å²) in [6, 6.07) is 16.9. The van der Waals surface area contributed by atoms with Crippen molar-refractivity contribution < 1.29 is 9.53 Å². The molecule has 0 unspecified atom stereocenters. The number of rotatable bonds is 10. The number of hydrogen-bond donors (Lipinski definition) is 2. The summed E-state index contributed by atoms with van der Waals surface area (Å²) in [5.74, 6) is 1.13. The van der Waals surface area contributed by atoms with E-state index >= 15 is 0 Å². The highest BCUT2D eigenvalue weighted by molar-refractivity contribution is 7.99. The van der Waals surface area contributed by atoms with Crippen LogP contribution in [-0.2, 0) is 0 Å². The SMILES string of the molecule is Cc1csc(Nc2ncc(Sc3ccccc3)cc2Oc2cc(C(=O)NCCN(C)C)ccc2Cl)n1.Cl.Cl. The summed E-state index contributed by atoms with van der Waals surface area (Å²) < 4.78 is 6.25. The average Bonchev–Trinajstić information content (AvgIpc) is 3.27. The molecular weight excluding hydrogens is 585 g/mol. The van der Waals surface area contributed by atoms with Gasteiger partial charge in [-0.05, 0) is 51.4 Å². The molecule has 38 heavy (non-hydrogen) atoms. The first kappa shape index (κ1) is 31.7. The van der Waals surface area contributed by atoms with E-state index < -0.39 is 0 Å². The number of likely N-dealkylation sites (N-methyl/N-ethyl adjacent to an activating group) is 1. The molecule has 0 radical (unpaired) electrons. The van der Waals surface area contributed by atoms with E-state index in [1.54, 1.807) is 36.2 Å². The third-order valence-corrected chi connectivity index (χ3v) is 7.06. The third-order valence-electron chi connectivity index (χ3n) is 4.91. The summed E-state index contributed by atoms with van der Waals surface area (Å²) in [4.78, 5) is 25.7. The van der Waals surface area contributed by atoms with E-state index in [9.17, 15) is 4.79 Å².